The van der Waals surface area contributed by atoms with Gasteiger partial charge in [-0.15, -0.1) is 0 Å². The van der Waals surface area contributed by atoms with Gasteiger partial charge in [0.15, 0.2) is 6.29 Å². The van der Waals surface area contributed by atoms with Crippen molar-refractivity contribution in [1.29, 1.82) is 0 Å². The molecule has 220 valence electrons. The zero-order valence-electron chi connectivity index (χ0n) is 24.0. The number of imide groups is 1. The summed E-state index contributed by atoms with van der Waals surface area (Å²) in [6, 6.07) is 41.3. The highest BCUT2D eigenvalue weighted by atomic mass is 16.7. The Balaban J connectivity index is 1.04. The Kier molecular flexibility index (Phi) is 9.07. The minimum absolute atomic E-state index is 0.151. The van der Waals surface area contributed by atoms with Gasteiger partial charge in [0.1, 0.15) is 12.4 Å². The molecule has 5 aromatic rings. The summed E-state index contributed by atoms with van der Waals surface area (Å²) in [5.41, 5.74) is 6.54. The van der Waals surface area contributed by atoms with Crippen LogP contribution in [0.1, 0.15) is 38.7 Å². The average Bonchev–Trinajstić information content (AvgIpc) is 3.38. The smallest absolute Gasteiger partial charge is 0.322 e. The molecule has 0 bridgehead atoms. The van der Waals surface area contributed by atoms with Gasteiger partial charge in [0.05, 0.1) is 19.3 Å². The maximum atomic E-state index is 12.9. The van der Waals surface area contributed by atoms with Gasteiger partial charge in [-0.3, -0.25) is 10.1 Å². The van der Waals surface area contributed by atoms with Crippen LogP contribution in [0, 0.1) is 0 Å². The van der Waals surface area contributed by atoms with Crippen molar-refractivity contribution < 1.29 is 23.8 Å². The lowest BCUT2D eigenvalue weighted by Gasteiger charge is -2.19. The van der Waals surface area contributed by atoms with Gasteiger partial charge in [-0.05, 0) is 57.6 Å². The Morgan fingerprint density at radius 1 is 0.614 bits per heavy atom. The SMILES string of the molecule is O=C(NC(=O)c1ccc(OCC(OCc2ccccc2)OCc2ccccc2)cc1)NC1c2ccccc2-c2ccccc21. The number of urea groups is 1. The van der Waals surface area contributed by atoms with E-state index in [1.807, 2.05) is 109 Å². The first kappa shape index (κ1) is 28.9. The molecular weight excluding hydrogens is 552 g/mol. The van der Waals surface area contributed by atoms with Gasteiger partial charge in [-0.2, -0.15) is 0 Å². The van der Waals surface area contributed by atoms with Gasteiger partial charge in [-0.1, -0.05) is 109 Å². The number of rotatable bonds is 11. The van der Waals surface area contributed by atoms with Gasteiger partial charge in [0.2, 0.25) is 0 Å². The lowest BCUT2D eigenvalue weighted by molar-refractivity contribution is -0.171. The van der Waals surface area contributed by atoms with Crippen molar-refractivity contribution in [3.8, 4) is 16.9 Å². The highest BCUT2D eigenvalue weighted by Gasteiger charge is 2.29. The van der Waals surface area contributed by atoms with E-state index in [0.717, 1.165) is 33.4 Å². The zero-order valence-corrected chi connectivity index (χ0v) is 24.0. The van der Waals surface area contributed by atoms with Crippen LogP contribution in [0.2, 0.25) is 0 Å². The highest BCUT2D eigenvalue weighted by molar-refractivity contribution is 6.04. The van der Waals surface area contributed by atoms with Crippen molar-refractivity contribution in [3.05, 3.63) is 161 Å². The Hall–Kier alpha value is -5.24. The summed E-state index contributed by atoms with van der Waals surface area (Å²) in [4.78, 5) is 25.8. The van der Waals surface area contributed by atoms with Crippen LogP contribution in [0.25, 0.3) is 11.1 Å². The molecule has 0 saturated carbocycles. The van der Waals surface area contributed by atoms with E-state index < -0.39 is 18.2 Å². The summed E-state index contributed by atoms with van der Waals surface area (Å²) in [7, 11) is 0. The number of ether oxygens (including phenoxy) is 3. The second-order valence-electron chi connectivity index (χ2n) is 10.4. The number of hydrogen-bond acceptors (Lipinski definition) is 5. The molecule has 1 aliphatic rings. The minimum Gasteiger partial charge on any atom is -0.488 e. The molecule has 2 N–H and O–H groups in total. The summed E-state index contributed by atoms with van der Waals surface area (Å²) in [6.45, 7) is 0.906. The standard InChI is InChI=1S/C37H32N2O5/c40-36(39-37(41)38-35-32-17-9-7-15-30(32)31-16-8-10-18-33(31)35)28-19-21-29(22-20-28)42-25-34(43-23-26-11-3-1-4-12-26)44-24-27-13-5-2-6-14-27/h1-22,34-35H,23-25H2,(H2,38,39,40,41). The van der Waals surface area contributed by atoms with Crippen LogP contribution in [-0.2, 0) is 22.7 Å². The molecule has 7 nitrogen and oxygen atoms in total. The Bertz CT molecular complexity index is 1620. The molecule has 0 unspecified atom stereocenters. The molecular formula is C37H32N2O5. The summed E-state index contributed by atoms with van der Waals surface area (Å²) < 4.78 is 18.0. The fraction of sp³-hybridized carbons (Fsp3) is 0.135. The van der Waals surface area contributed by atoms with Crippen molar-refractivity contribution in [3.63, 3.8) is 0 Å². The third kappa shape index (κ3) is 7.03. The first-order valence-electron chi connectivity index (χ1n) is 14.5. The van der Waals surface area contributed by atoms with Crippen molar-refractivity contribution >= 4 is 11.9 Å². The number of benzene rings is 5. The predicted octanol–water partition coefficient (Wildman–Crippen LogP) is 7.03. The first-order valence-corrected chi connectivity index (χ1v) is 14.5. The van der Waals surface area contributed by atoms with Gasteiger partial charge in [0.25, 0.3) is 5.91 Å². The lowest BCUT2D eigenvalue weighted by atomic mass is 10.1. The molecule has 0 aliphatic heterocycles. The van der Waals surface area contributed by atoms with E-state index in [1.165, 1.54) is 0 Å². The maximum Gasteiger partial charge on any atom is 0.322 e. The summed E-state index contributed by atoms with van der Waals surface area (Å²) in [6.07, 6.45) is -0.618. The lowest BCUT2D eigenvalue weighted by Crippen LogP contribution is -2.41. The van der Waals surface area contributed by atoms with Gasteiger partial charge in [-0.25, -0.2) is 4.79 Å². The Morgan fingerprint density at radius 3 is 1.66 bits per heavy atom. The molecule has 44 heavy (non-hydrogen) atoms. The van der Waals surface area contributed by atoms with Crippen LogP contribution in [0.5, 0.6) is 5.75 Å². The third-order valence-electron chi connectivity index (χ3n) is 7.40. The number of carbonyl (C=O) groups excluding carboxylic acids is 2. The van der Waals surface area contributed by atoms with E-state index in [2.05, 4.69) is 10.6 Å². The van der Waals surface area contributed by atoms with E-state index in [9.17, 15) is 9.59 Å². The molecule has 0 spiro atoms. The summed E-state index contributed by atoms with van der Waals surface area (Å²) >= 11 is 0. The molecule has 0 atom stereocenters. The molecule has 3 amide bonds. The van der Waals surface area contributed by atoms with E-state index in [1.54, 1.807) is 24.3 Å². The van der Waals surface area contributed by atoms with Crippen LogP contribution < -0.4 is 15.4 Å². The minimum atomic E-state index is -0.618. The second kappa shape index (κ2) is 13.8. The largest absolute Gasteiger partial charge is 0.488 e. The van der Waals surface area contributed by atoms with Gasteiger partial charge in [0, 0.05) is 5.56 Å². The van der Waals surface area contributed by atoms with Gasteiger partial charge >= 0.3 is 6.03 Å². The topological polar surface area (TPSA) is 85.9 Å². The average molecular weight is 585 g/mol. The molecule has 7 heteroatoms. The van der Waals surface area contributed by atoms with Crippen LogP contribution >= 0.6 is 0 Å². The molecule has 5 aromatic carbocycles. The normalized spacial score (nSPS) is 11.9. The number of amides is 3. The van der Waals surface area contributed by atoms with Crippen molar-refractivity contribution in [1.82, 2.24) is 10.6 Å². The maximum absolute atomic E-state index is 12.9. The van der Waals surface area contributed by atoms with E-state index in [0.29, 0.717) is 24.5 Å². The number of carbonyl (C=O) groups is 2. The van der Waals surface area contributed by atoms with Crippen LogP contribution in [0.15, 0.2) is 133 Å². The highest BCUT2D eigenvalue weighted by Crippen LogP contribution is 2.42. The third-order valence-corrected chi connectivity index (χ3v) is 7.40. The Morgan fingerprint density at radius 2 is 1.11 bits per heavy atom. The fourth-order valence-electron chi connectivity index (χ4n) is 5.19. The van der Waals surface area contributed by atoms with Crippen molar-refractivity contribution in [2.24, 2.45) is 0 Å². The predicted molar refractivity (Wildman–Crippen MR) is 168 cm³/mol. The van der Waals surface area contributed by atoms with Crippen molar-refractivity contribution in [2.75, 3.05) is 6.61 Å². The van der Waals surface area contributed by atoms with E-state index >= 15 is 0 Å². The van der Waals surface area contributed by atoms with Crippen molar-refractivity contribution in [2.45, 2.75) is 25.5 Å². The van der Waals surface area contributed by atoms with Crippen LogP contribution in [-0.4, -0.2) is 24.8 Å². The quantitative estimate of drug-likeness (QED) is 0.163. The van der Waals surface area contributed by atoms with Crippen LogP contribution in [0.3, 0.4) is 0 Å². The summed E-state index contributed by atoms with van der Waals surface area (Å²) in [5.74, 6) is 0.0330. The molecule has 0 heterocycles. The number of nitrogens with one attached hydrogen (secondary N) is 2. The molecule has 0 saturated heterocycles. The molecule has 1 aliphatic carbocycles. The fourth-order valence-corrected chi connectivity index (χ4v) is 5.19. The molecule has 0 radical (unpaired) electrons. The summed E-state index contributed by atoms with van der Waals surface area (Å²) in [5, 5.41) is 5.41. The van der Waals surface area contributed by atoms with E-state index in [-0.39, 0.29) is 12.6 Å². The van der Waals surface area contributed by atoms with Crippen LogP contribution in [0.4, 0.5) is 4.79 Å². The molecule has 0 fully saturated rings. The zero-order chi connectivity index (χ0) is 30.1. The van der Waals surface area contributed by atoms with Gasteiger partial charge < -0.3 is 19.5 Å². The number of hydrogen-bond donors (Lipinski definition) is 2. The first-order chi connectivity index (χ1) is 21.6. The molecule has 0 aromatic heterocycles. The number of fused-ring (bicyclic) bond motifs is 3. The Labute approximate surface area is 256 Å². The monoisotopic (exact) mass is 584 g/mol. The van der Waals surface area contributed by atoms with E-state index in [4.69, 9.17) is 14.2 Å². The second-order valence-corrected chi connectivity index (χ2v) is 10.4. The molecule has 6 rings (SSSR count).